The number of benzene rings is 4. The lowest BCUT2D eigenvalue weighted by atomic mass is 9.97. The van der Waals surface area contributed by atoms with Gasteiger partial charge in [-0.25, -0.2) is 0 Å². The summed E-state index contributed by atoms with van der Waals surface area (Å²) in [4.78, 5) is 0. The molecule has 6 heteroatoms. The highest BCUT2D eigenvalue weighted by atomic mass is 16.5. The molecule has 0 atom stereocenters. The van der Waals surface area contributed by atoms with Gasteiger partial charge in [-0.3, -0.25) is 0 Å². The number of ether oxygens (including phenoxy) is 3. The number of rotatable bonds is 50. The summed E-state index contributed by atoms with van der Waals surface area (Å²) in [6.07, 6.45) is 55.9. The van der Waals surface area contributed by atoms with Crippen molar-refractivity contribution in [3.05, 3.63) is 66.7 Å². The zero-order valence-corrected chi connectivity index (χ0v) is 49.2. The van der Waals surface area contributed by atoms with Gasteiger partial charge in [0.15, 0.2) is 11.5 Å². The summed E-state index contributed by atoms with van der Waals surface area (Å²) in [5.74, 6) is 3.10. The Balaban J connectivity index is 1.21. The molecule has 0 spiro atoms. The predicted octanol–water partition coefficient (Wildman–Crippen LogP) is 23.3. The Morgan fingerprint density at radius 2 is 0.605 bits per heavy atom. The molecule has 6 nitrogen and oxygen atoms in total. The van der Waals surface area contributed by atoms with E-state index in [0.29, 0.717) is 48.9 Å². The van der Waals surface area contributed by atoms with Crippen LogP contribution in [0.5, 0.6) is 17.2 Å². The maximum Gasteiger partial charge on any atom is 0.249 e. The van der Waals surface area contributed by atoms with Gasteiger partial charge < -0.3 is 18.6 Å². The molecule has 0 N–H and O–H groups in total. The normalized spacial score (nSPS) is 11.6. The molecule has 5 aromatic rings. The fraction of sp³-hybridized carbons (Fsp3) is 0.686. The van der Waals surface area contributed by atoms with E-state index in [9.17, 15) is 0 Å². The van der Waals surface area contributed by atoms with Crippen molar-refractivity contribution in [2.24, 2.45) is 0 Å². The van der Waals surface area contributed by atoms with Crippen LogP contribution >= 0.6 is 0 Å². The van der Waals surface area contributed by atoms with E-state index in [2.05, 4.69) is 87.5 Å². The molecule has 76 heavy (non-hydrogen) atoms. The summed E-state index contributed by atoms with van der Waals surface area (Å²) in [5.41, 5.74) is 1.75. The highest BCUT2D eigenvalue weighted by molar-refractivity contribution is 6.11. The molecule has 1 aromatic heterocycles. The van der Waals surface area contributed by atoms with E-state index in [-0.39, 0.29) is 0 Å². The molecular formula is C70H110N2O4. The minimum Gasteiger partial charge on any atom is -0.490 e. The Morgan fingerprint density at radius 1 is 0.316 bits per heavy atom. The summed E-state index contributed by atoms with van der Waals surface area (Å²) in [5, 5.41) is 13.9. The van der Waals surface area contributed by atoms with Crippen molar-refractivity contribution in [1.82, 2.24) is 10.2 Å². The van der Waals surface area contributed by atoms with E-state index < -0.39 is 0 Å². The fourth-order valence-corrected chi connectivity index (χ4v) is 11.2. The highest BCUT2D eigenvalue weighted by Gasteiger charge is 2.22. The number of fused-ring (bicyclic) bond motifs is 2. The molecule has 0 saturated carbocycles. The van der Waals surface area contributed by atoms with Gasteiger partial charge in [0, 0.05) is 5.56 Å². The lowest BCUT2D eigenvalue weighted by Gasteiger charge is -2.18. The summed E-state index contributed by atoms with van der Waals surface area (Å²) in [6.45, 7) is 8.80. The monoisotopic (exact) mass is 1040 g/mol. The third kappa shape index (κ3) is 25.6. The van der Waals surface area contributed by atoms with Gasteiger partial charge in [-0.2, -0.15) is 0 Å². The van der Waals surface area contributed by atoms with Crippen LogP contribution in [-0.2, 0) is 0 Å². The van der Waals surface area contributed by atoms with Gasteiger partial charge in [0.2, 0.25) is 17.5 Å². The first-order valence-electron chi connectivity index (χ1n) is 32.5. The van der Waals surface area contributed by atoms with Crippen LogP contribution in [0.2, 0.25) is 0 Å². The second-order valence-corrected chi connectivity index (χ2v) is 22.7. The first-order chi connectivity index (χ1) is 37.7. The molecule has 0 aliphatic rings. The molecule has 0 fully saturated rings. The van der Waals surface area contributed by atoms with Crippen LogP contribution in [0.4, 0.5) is 0 Å². The number of unbranched alkanes of at least 4 members (excludes halogenated alkanes) is 39. The van der Waals surface area contributed by atoms with E-state index in [1.807, 2.05) is 0 Å². The topological polar surface area (TPSA) is 66.6 Å². The van der Waals surface area contributed by atoms with Gasteiger partial charge in [-0.1, -0.05) is 320 Å². The van der Waals surface area contributed by atoms with Gasteiger partial charge in [0.1, 0.15) is 0 Å². The highest BCUT2D eigenvalue weighted by Crippen LogP contribution is 2.43. The lowest BCUT2D eigenvalue weighted by molar-refractivity contribution is 0.234. The second kappa shape index (κ2) is 42.0. The average molecular weight is 1040 g/mol. The van der Waals surface area contributed by atoms with Gasteiger partial charge in [-0.05, 0) is 59.0 Å². The zero-order chi connectivity index (χ0) is 53.2. The van der Waals surface area contributed by atoms with E-state index in [1.54, 1.807) is 0 Å². The van der Waals surface area contributed by atoms with Crippen LogP contribution in [0.1, 0.15) is 290 Å². The molecular weight excluding hydrogens is 933 g/mol. The molecule has 4 aromatic carbocycles. The fourth-order valence-electron chi connectivity index (χ4n) is 11.2. The molecule has 5 rings (SSSR count). The van der Waals surface area contributed by atoms with Crippen LogP contribution in [0.3, 0.4) is 0 Å². The first kappa shape index (κ1) is 62.8. The number of hydrogen-bond donors (Lipinski definition) is 0. The summed E-state index contributed by atoms with van der Waals surface area (Å²) in [6, 6.07) is 23.3. The molecule has 0 bridgehead atoms. The molecule has 0 unspecified atom stereocenters. The van der Waals surface area contributed by atoms with Gasteiger partial charge in [0.05, 0.1) is 25.4 Å². The summed E-state index contributed by atoms with van der Waals surface area (Å²) < 4.78 is 27.0. The zero-order valence-electron chi connectivity index (χ0n) is 49.2. The Bertz CT molecular complexity index is 2070. The van der Waals surface area contributed by atoms with E-state index in [1.165, 1.54) is 250 Å². The van der Waals surface area contributed by atoms with Crippen molar-refractivity contribution in [2.45, 2.75) is 290 Å². The van der Waals surface area contributed by atoms with Gasteiger partial charge >= 0.3 is 0 Å². The van der Waals surface area contributed by atoms with Crippen molar-refractivity contribution in [1.29, 1.82) is 0 Å². The van der Waals surface area contributed by atoms with E-state index in [0.717, 1.165) is 51.9 Å². The third-order valence-electron chi connectivity index (χ3n) is 15.9. The summed E-state index contributed by atoms with van der Waals surface area (Å²) in [7, 11) is 0. The molecule has 0 radical (unpaired) electrons. The van der Waals surface area contributed by atoms with Crippen molar-refractivity contribution < 1.29 is 18.6 Å². The molecule has 0 amide bonds. The van der Waals surface area contributed by atoms with Gasteiger partial charge in [0.25, 0.3) is 0 Å². The Kier molecular flexibility index (Phi) is 34.7. The SMILES string of the molecule is CCCCCCCCCCCCCCCCOc1cc(-c2nnc(-c3c4ccccc4cc4ccccc34)o2)cc(OCCCCCCCCCCCCCCCC)c1OCCCCCCCCCCCCCCCC. The van der Waals surface area contributed by atoms with E-state index in [4.69, 9.17) is 28.8 Å². The quantitative estimate of drug-likeness (QED) is 0.0286. The maximum atomic E-state index is 6.77. The first-order valence-corrected chi connectivity index (χ1v) is 32.5. The van der Waals surface area contributed by atoms with Crippen molar-refractivity contribution in [2.75, 3.05) is 19.8 Å². The standard InChI is InChI=1S/C70H110N2O4/c1-4-7-10-13-16-19-22-25-28-31-34-37-40-47-54-73-65-58-62(69-71-72-70(76-69)67-63-52-45-43-50-60(63)57-61-51-44-46-53-64(61)67)59-66(74-55-48-41-38-35-32-29-26-23-20-17-14-11-8-5-2)68(65)75-56-49-42-39-36-33-30-27-24-21-18-15-12-9-6-3/h43-46,50-53,57-59H,4-42,47-49,54-56H2,1-3H3. The van der Waals surface area contributed by atoms with Crippen molar-refractivity contribution >= 4 is 21.5 Å². The Morgan fingerprint density at radius 3 is 0.947 bits per heavy atom. The number of hydrogen-bond acceptors (Lipinski definition) is 6. The summed E-state index contributed by atoms with van der Waals surface area (Å²) >= 11 is 0. The molecule has 1 heterocycles. The molecule has 424 valence electrons. The predicted molar refractivity (Wildman–Crippen MR) is 328 cm³/mol. The van der Waals surface area contributed by atoms with E-state index >= 15 is 0 Å². The number of aromatic nitrogens is 2. The number of nitrogens with zero attached hydrogens (tertiary/aromatic N) is 2. The maximum absolute atomic E-state index is 6.77. The largest absolute Gasteiger partial charge is 0.490 e. The van der Waals surface area contributed by atoms with Crippen LogP contribution in [0.15, 0.2) is 71.1 Å². The second-order valence-electron chi connectivity index (χ2n) is 22.7. The van der Waals surface area contributed by atoms with Crippen molar-refractivity contribution in [3.63, 3.8) is 0 Å². The molecule has 0 saturated heterocycles. The van der Waals surface area contributed by atoms with Crippen molar-refractivity contribution in [3.8, 4) is 40.2 Å². The smallest absolute Gasteiger partial charge is 0.249 e. The average Bonchev–Trinajstić information content (AvgIpc) is 3.98. The minimum absolute atomic E-state index is 0.452. The van der Waals surface area contributed by atoms with Crippen LogP contribution < -0.4 is 14.2 Å². The molecule has 0 aliphatic carbocycles. The third-order valence-corrected chi connectivity index (χ3v) is 15.9. The van der Waals surface area contributed by atoms with Gasteiger partial charge in [-0.15, -0.1) is 10.2 Å². The van der Waals surface area contributed by atoms with Crippen LogP contribution in [-0.4, -0.2) is 30.0 Å². The van der Waals surface area contributed by atoms with Crippen LogP contribution in [0.25, 0.3) is 44.5 Å². The Hall–Kier alpha value is -4.06. The van der Waals surface area contributed by atoms with Crippen LogP contribution in [0, 0.1) is 0 Å². The Labute approximate surface area is 465 Å². The lowest BCUT2D eigenvalue weighted by Crippen LogP contribution is -2.07. The minimum atomic E-state index is 0.452. The molecule has 0 aliphatic heterocycles.